The van der Waals surface area contributed by atoms with Gasteiger partial charge in [0.05, 0.1) is 11.8 Å². The first-order valence-corrected chi connectivity index (χ1v) is 10.8. The molecule has 0 bridgehead atoms. The molecular weight excluding hydrogens is 459 g/mol. The summed E-state index contributed by atoms with van der Waals surface area (Å²) in [6.45, 7) is 2.71. The molecule has 10 heteroatoms. The second-order valence-electron chi connectivity index (χ2n) is 8.14. The quantitative estimate of drug-likeness (QED) is 0.453. The van der Waals surface area contributed by atoms with E-state index in [1.54, 1.807) is 53.0 Å². The minimum atomic E-state index is -0.355. The van der Waals surface area contributed by atoms with Crippen molar-refractivity contribution in [1.82, 2.24) is 24.5 Å². The summed E-state index contributed by atoms with van der Waals surface area (Å²) in [5.74, 6) is 0.122. The summed E-state index contributed by atoms with van der Waals surface area (Å²) in [4.78, 5) is 23.4. The molecule has 0 aliphatic carbocycles. The Morgan fingerprint density at radius 2 is 1.91 bits per heavy atom. The standard InChI is InChI=1S/C24H23FN6O2.ClH/c1-15-13-16(4-5-19(15)25)22-23(31-21(29-22)3-2-9-27-31)17-6-10-26-20(14-17)28-24(33)30-11-7-18(32)8-12-30;/h2-6,9-10,13-14,18,32H,7-8,11-12H2,1H3,(H,26,28,33);1H. The number of rotatable bonds is 3. The third-order valence-corrected chi connectivity index (χ3v) is 5.84. The number of nitrogens with zero attached hydrogens (tertiary/aromatic N) is 5. The molecular formula is C24H24ClFN6O2. The van der Waals surface area contributed by atoms with Gasteiger partial charge >= 0.3 is 6.03 Å². The number of pyridine rings is 1. The second kappa shape index (κ2) is 9.74. The number of aliphatic hydroxyl groups is 1. The maximum absolute atomic E-state index is 13.9. The van der Waals surface area contributed by atoms with Gasteiger partial charge in [0.1, 0.15) is 17.3 Å². The van der Waals surface area contributed by atoms with Crippen molar-refractivity contribution in [3.05, 3.63) is 66.2 Å². The molecule has 1 aromatic carbocycles. The number of anilines is 1. The fraction of sp³-hybridized carbons (Fsp3) is 0.250. The fourth-order valence-corrected chi connectivity index (χ4v) is 4.04. The molecule has 3 aromatic heterocycles. The summed E-state index contributed by atoms with van der Waals surface area (Å²) >= 11 is 0. The maximum Gasteiger partial charge on any atom is 0.323 e. The molecule has 1 aliphatic heterocycles. The van der Waals surface area contributed by atoms with Gasteiger partial charge in [-0.1, -0.05) is 0 Å². The van der Waals surface area contributed by atoms with Crippen molar-refractivity contribution in [2.24, 2.45) is 0 Å². The number of benzene rings is 1. The summed E-state index contributed by atoms with van der Waals surface area (Å²) in [5.41, 5.74) is 4.08. The lowest BCUT2D eigenvalue weighted by molar-refractivity contribution is 0.0972. The number of halogens is 2. The number of hydrogen-bond acceptors (Lipinski definition) is 5. The molecule has 176 valence electrons. The number of imidazole rings is 1. The van der Waals surface area contributed by atoms with E-state index < -0.39 is 0 Å². The maximum atomic E-state index is 13.9. The first-order valence-electron chi connectivity index (χ1n) is 10.8. The number of fused-ring (bicyclic) bond motifs is 1. The highest BCUT2D eigenvalue weighted by Crippen LogP contribution is 2.33. The van der Waals surface area contributed by atoms with Gasteiger partial charge in [0.2, 0.25) is 0 Å². The van der Waals surface area contributed by atoms with Crippen LogP contribution in [0.1, 0.15) is 18.4 Å². The monoisotopic (exact) mass is 482 g/mol. The van der Waals surface area contributed by atoms with E-state index in [0.29, 0.717) is 48.7 Å². The lowest BCUT2D eigenvalue weighted by Crippen LogP contribution is -2.42. The van der Waals surface area contributed by atoms with Crippen LogP contribution >= 0.6 is 12.4 Å². The number of urea groups is 1. The molecule has 8 nitrogen and oxygen atoms in total. The Balaban J connectivity index is 0.00000274. The van der Waals surface area contributed by atoms with Gasteiger partial charge in [-0.25, -0.2) is 23.7 Å². The number of aromatic nitrogens is 4. The highest BCUT2D eigenvalue weighted by Gasteiger charge is 2.22. The smallest absolute Gasteiger partial charge is 0.323 e. The summed E-state index contributed by atoms with van der Waals surface area (Å²) in [6.07, 6.45) is 4.06. The van der Waals surface area contributed by atoms with Crippen molar-refractivity contribution < 1.29 is 14.3 Å². The Hall–Kier alpha value is -3.56. The van der Waals surface area contributed by atoms with E-state index in [1.165, 1.54) is 6.07 Å². The van der Waals surface area contributed by atoms with E-state index in [1.807, 2.05) is 12.1 Å². The number of hydrogen-bond donors (Lipinski definition) is 2. The van der Waals surface area contributed by atoms with Gasteiger partial charge in [-0.15, -0.1) is 12.4 Å². The fourth-order valence-electron chi connectivity index (χ4n) is 4.04. The average molecular weight is 483 g/mol. The number of aryl methyl sites for hydroxylation is 1. The van der Waals surface area contributed by atoms with Crippen molar-refractivity contribution in [3.8, 4) is 22.5 Å². The van der Waals surface area contributed by atoms with Gasteiger partial charge in [0.15, 0.2) is 5.65 Å². The Kier molecular flexibility index (Phi) is 6.76. The van der Waals surface area contributed by atoms with Gasteiger partial charge in [-0.2, -0.15) is 5.10 Å². The highest BCUT2D eigenvalue weighted by molar-refractivity contribution is 5.90. The summed E-state index contributed by atoms with van der Waals surface area (Å²) in [6, 6.07) is 11.9. The van der Waals surface area contributed by atoms with E-state index in [-0.39, 0.29) is 30.4 Å². The van der Waals surface area contributed by atoms with Crippen LogP contribution in [-0.4, -0.2) is 54.8 Å². The zero-order valence-corrected chi connectivity index (χ0v) is 19.3. The summed E-state index contributed by atoms with van der Waals surface area (Å²) < 4.78 is 15.6. The van der Waals surface area contributed by atoms with Crippen LogP contribution < -0.4 is 5.32 Å². The van der Waals surface area contributed by atoms with Crippen LogP contribution in [0.5, 0.6) is 0 Å². The summed E-state index contributed by atoms with van der Waals surface area (Å²) in [5, 5.41) is 17.0. The minimum absolute atomic E-state index is 0. The van der Waals surface area contributed by atoms with Crippen molar-refractivity contribution in [1.29, 1.82) is 0 Å². The molecule has 0 spiro atoms. The predicted octanol–water partition coefficient (Wildman–Crippen LogP) is 4.32. The first-order chi connectivity index (χ1) is 16.0. The molecule has 0 saturated carbocycles. The largest absolute Gasteiger partial charge is 0.393 e. The lowest BCUT2D eigenvalue weighted by atomic mass is 10.0. The van der Waals surface area contributed by atoms with Gasteiger partial charge in [0, 0.05) is 36.6 Å². The average Bonchev–Trinajstić information content (AvgIpc) is 3.21. The zero-order chi connectivity index (χ0) is 22.9. The minimum Gasteiger partial charge on any atom is -0.393 e. The Labute approximate surface area is 201 Å². The van der Waals surface area contributed by atoms with Crippen LogP contribution in [-0.2, 0) is 0 Å². The predicted molar refractivity (Wildman–Crippen MR) is 129 cm³/mol. The van der Waals surface area contributed by atoms with E-state index in [0.717, 1.165) is 16.8 Å². The second-order valence-corrected chi connectivity index (χ2v) is 8.14. The van der Waals surface area contributed by atoms with Crippen molar-refractivity contribution in [3.63, 3.8) is 0 Å². The SMILES string of the molecule is Cc1cc(-c2nc3cccnn3c2-c2ccnc(NC(=O)N3CCC(O)CC3)c2)ccc1F.Cl. The van der Waals surface area contributed by atoms with Crippen LogP contribution in [0.3, 0.4) is 0 Å². The molecule has 4 heterocycles. The Bertz CT molecular complexity index is 1340. The van der Waals surface area contributed by atoms with E-state index in [9.17, 15) is 14.3 Å². The topological polar surface area (TPSA) is 95.7 Å². The number of carbonyl (C=O) groups excluding carboxylic acids is 1. The van der Waals surface area contributed by atoms with E-state index in [2.05, 4.69) is 15.4 Å². The van der Waals surface area contributed by atoms with Crippen LogP contribution in [0, 0.1) is 12.7 Å². The number of likely N-dealkylation sites (tertiary alicyclic amines) is 1. The van der Waals surface area contributed by atoms with Gasteiger partial charge in [-0.3, -0.25) is 5.32 Å². The molecule has 4 aromatic rings. The molecule has 1 aliphatic rings. The molecule has 0 unspecified atom stereocenters. The normalized spacial score (nSPS) is 14.1. The molecule has 2 amide bonds. The number of nitrogens with one attached hydrogen (secondary N) is 1. The number of piperidine rings is 1. The third-order valence-electron chi connectivity index (χ3n) is 5.84. The molecule has 1 saturated heterocycles. The molecule has 5 rings (SSSR count). The van der Waals surface area contributed by atoms with Gasteiger partial charge in [-0.05, 0) is 67.8 Å². The first kappa shape index (κ1) is 23.6. The number of aliphatic hydroxyl groups excluding tert-OH is 1. The molecule has 1 fully saturated rings. The number of carbonyl (C=O) groups is 1. The lowest BCUT2D eigenvalue weighted by Gasteiger charge is -2.29. The number of amides is 2. The van der Waals surface area contributed by atoms with Crippen molar-refractivity contribution in [2.45, 2.75) is 25.9 Å². The summed E-state index contributed by atoms with van der Waals surface area (Å²) in [7, 11) is 0. The Morgan fingerprint density at radius 1 is 1.12 bits per heavy atom. The molecule has 0 atom stereocenters. The third kappa shape index (κ3) is 4.57. The van der Waals surface area contributed by atoms with E-state index in [4.69, 9.17) is 4.98 Å². The van der Waals surface area contributed by atoms with E-state index >= 15 is 0 Å². The molecule has 2 N–H and O–H groups in total. The molecule has 0 radical (unpaired) electrons. The highest BCUT2D eigenvalue weighted by atomic mass is 35.5. The Morgan fingerprint density at radius 3 is 2.68 bits per heavy atom. The molecule has 34 heavy (non-hydrogen) atoms. The van der Waals surface area contributed by atoms with Gasteiger partial charge in [0.25, 0.3) is 0 Å². The van der Waals surface area contributed by atoms with Crippen molar-refractivity contribution >= 4 is 29.9 Å². The van der Waals surface area contributed by atoms with Gasteiger partial charge < -0.3 is 10.0 Å². The van der Waals surface area contributed by atoms with Crippen LogP contribution in [0.15, 0.2) is 54.9 Å². The van der Waals surface area contributed by atoms with Crippen LogP contribution in [0.2, 0.25) is 0 Å². The van der Waals surface area contributed by atoms with Crippen molar-refractivity contribution in [2.75, 3.05) is 18.4 Å². The van der Waals surface area contributed by atoms with Crippen LogP contribution in [0.25, 0.3) is 28.2 Å². The van der Waals surface area contributed by atoms with Crippen LogP contribution in [0.4, 0.5) is 15.0 Å². The zero-order valence-electron chi connectivity index (χ0n) is 18.5.